The van der Waals surface area contributed by atoms with E-state index < -0.39 is 12.0 Å². The molecular weight excluding hydrogens is 460 g/mol. The average Bonchev–Trinajstić information content (AvgIpc) is 2.79. The Morgan fingerprint density at radius 2 is 1.77 bits per heavy atom. The van der Waals surface area contributed by atoms with Crippen molar-refractivity contribution in [3.8, 4) is 11.5 Å². The van der Waals surface area contributed by atoms with Crippen molar-refractivity contribution in [3.05, 3.63) is 94.0 Å². The molecule has 3 rings (SSSR count). The highest BCUT2D eigenvalue weighted by Gasteiger charge is 2.16. The average molecular weight is 483 g/mol. The lowest BCUT2D eigenvalue weighted by molar-refractivity contribution is -0.129. The number of ether oxygens (including phenoxy) is 2. The van der Waals surface area contributed by atoms with Crippen LogP contribution in [0.25, 0.3) is 0 Å². The minimum atomic E-state index is -1.29. The lowest BCUT2D eigenvalue weighted by Crippen LogP contribution is -2.25. The molecule has 7 heteroatoms. The molecule has 0 unspecified atom stereocenters. The van der Waals surface area contributed by atoms with Gasteiger partial charge in [-0.05, 0) is 51.7 Å². The van der Waals surface area contributed by atoms with E-state index in [1.54, 1.807) is 30.3 Å². The molecule has 0 fully saturated rings. The Morgan fingerprint density at radius 1 is 1.10 bits per heavy atom. The summed E-state index contributed by atoms with van der Waals surface area (Å²) in [6, 6.07) is 22.1. The van der Waals surface area contributed by atoms with Crippen molar-refractivity contribution in [2.24, 2.45) is 5.10 Å². The number of hydrazone groups is 1. The maximum atomic E-state index is 12.1. The molecule has 0 saturated heterocycles. The van der Waals surface area contributed by atoms with Crippen LogP contribution < -0.4 is 14.9 Å². The zero-order valence-electron chi connectivity index (χ0n) is 17.0. The summed E-state index contributed by atoms with van der Waals surface area (Å²) in [6.45, 7) is 2.76. The van der Waals surface area contributed by atoms with Gasteiger partial charge in [0.25, 0.3) is 5.91 Å². The van der Waals surface area contributed by atoms with Crippen molar-refractivity contribution < 1.29 is 19.4 Å². The van der Waals surface area contributed by atoms with Crippen LogP contribution in [0, 0.1) is 0 Å². The third-order valence-electron chi connectivity index (χ3n) is 4.31. The van der Waals surface area contributed by atoms with Gasteiger partial charge in [-0.15, -0.1) is 0 Å². The predicted octanol–water partition coefficient (Wildman–Crippen LogP) is 4.61. The Kier molecular flexibility index (Phi) is 8.20. The predicted molar refractivity (Wildman–Crippen MR) is 123 cm³/mol. The van der Waals surface area contributed by atoms with Crippen LogP contribution in [0.5, 0.6) is 11.5 Å². The summed E-state index contributed by atoms with van der Waals surface area (Å²) in [5.74, 6) is 0.533. The first kappa shape index (κ1) is 22.5. The number of hydrogen-bond donors (Lipinski definition) is 2. The smallest absolute Gasteiger partial charge is 0.273 e. The number of carbonyl (C=O) groups excluding carboxylic acids is 1. The first-order valence-corrected chi connectivity index (χ1v) is 10.6. The number of nitrogens with one attached hydrogen (secondary N) is 1. The molecule has 0 radical (unpaired) electrons. The van der Waals surface area contributed by atoms with E-state index in [9.17, 15) is 9.90 Å². The molecule has 31 heavy (non-hydrogen) atoms. The van der Waals surface area contributed by atoms with E-state index in [-0.39, 0.29) is 0 Å². The monoisotopic (exact) mass is 482 g/mol. The zero-order valence-corrected chi connectivity index (χ0v) is 18.6. The fourth-order valence-corrected chi connectivity index (χ4v) is 3.39. The number of amides is 1. The van der Waals surface area contributed by atoms with Crippen molar-refractivity contribution in [1.29, 1.82) is 0 Å². The summed E-state index contributed by atoms with van der Waals surface area (Å²) >= 11 is 3.52. The van der Waals surface area contributed by atoms with Gasteiger partial charge in [-0.2, -0.15) is 5.10 Å². The third-order valence-corrected chi connectivity index (χ3v) is 4.90. The molecule has 0 heterocycles. The zero-order chi connectivity index (χ0) is 22.1. The van der Waals surface area contributed by atoms with Crippen LogP contribution in [-0.2, 0) is 11.4 Å². The van der Waals surface area contributed by atoms with E-state index in [0.29, 0.717) is 40.3 Å². The molecule has 0 saturated carbocycles. The van der Waals surface area contributed by atoms with Gasteiger partial charge in [-0.3, -0.25) is 4.79 Å². The number of carbonyl (C=O) groups is 1. The van der Waals surface area contributed by atoms with Crippen molar-refractivity contribution >= 4 is 28.1 Å². The highest BCUT2D eigenvalue weighted by molar-refractivity contribution is 9.10. The van der Waals surface area contributed by atoms with E-state index in [4.69, 9.17) is 9.47 Å². The molecule has 6 nitrogen and oxygen atoms in total. The number of rotatable bonds is 9. The van der Waals surface area contributed by atoms with Gasteiger partial charge < -0.3 is 14.6 Å². The van der Waals surface area contributed by atoms with Crippen molar-refractivity contribution in [2.75, 3.05) is 6.61 Å². The molecule has 1 amide bonds. The van der Waals surface area contributed by atoms with Gasteiger partial charge in [0, 0.05) is 0 Å². The quantitative estimate of drug-likeness (QED) is 0.344. The van der Waals surface area contributed by atoms with Gasteiger partial charge in [0.05, 0.1) is 17.3 Å². The fourth-order valence-electron chi connectivity index (χ4n) is 2.81. The molecule has 1 atom stereocenters. The van der Waals surface area contributed by atoms with Crippen molar-refractivity contribution in [1.82, 2.24) is 5.43 Å². The highest BCUT2D eigenvalue weighted by atomic mass is 79.9. The lowest BCUT2D eigenvalue weighted by Gasteiger charge is -2.14. The molecule has 3 aromatic carbocycles. The number of hydrogen-bond acceptors (Lipinski definition) is 5. The summed E-state index contributed by atoms with van der Waals surface area (Å²) < 4.78 is 12.4. The Morgan fingerprint density at radius 3 is 2.45 bits per heavy atom. The van der Waals surface area contributed by atoms with Gasteiger partial charge in [0.15, 0.2) is 17.6 Å². The molecule has 0 aliphatic carbocycles. The maximum absolute atomic E-state index is 12.1. The molecule has 160 valence electrons. The van der Waals surface area contributed by atoms with Crippen LogP contribution in [0.2, 0.25) is 0 Å². The molecule has 0 aliphatic heterocycles. The lowest BCUT2D eigenvalue weighted by atomic mass is 10.1. The van der Waals surface area contributed by atoms with Crippen LogP contribution in [0.4, 0.5) is 0 Å². The Balaban J connectivity index is 1.69. The van der Waals surface area contributed by atoms with E-state index in [1.807, 2.05) is 49.4 Å². The van der Waals surface area contributed by atoms with Crippen LogP contribution >= 0.6 is 15.9 Å². The van der Waals surface area contributed by atoms with E-state index in [0.717, 1.165) is 5.56 Å². The van der Waals surface area contributed by atoms with E-state index in [2.05, 4.69) is 26.5 Å². The molecule has 0 spiro atoms. The second kappa shape index (κ2) is 11.3. The van der Waals surface area contributed by atoms with E-state index >= 15 is 0 Å². The summed E-state index contributed by atoms with van der Waals surface area (Å²) in [5.41, 5.74) is 4.59. The van der Waals surface area contributed by atoms with Crippen molar-refractivity contribution in [3.63, 3.8) is 0 Å². The Labute approximate surface area is 189 Å². The Bertz CT molecular complexity index is 1030. The highest BCUT2D eigenvalue weighted by Crippen LogP contribution is 2.37. The molecule has 0 aliphatic rings. The summed E-state index contributed by atoms with van der Waals surface area (Å²) in [7, 11) is 0. The Hall–Kier alpha value is -3.16. The summed E-state index contributed by atoms with van der Waals surface area (Å²) in [6.07, 6.45) is 0.182. The molecule has 0 aromatic heterocycles. The first-order chi connectivity index (χ1) is 15.1. The van der Waals surface area contributed by atoms with Gasteiger partial charge in [0.2, 0.25) is 0 Å². The van der Waals surface area contributed by atoms with Crippen LogP contribution in [0.3, 0.4) is 0 Å². The van der Waals surface area contributed by atoms with Gasteiger partial charge in [0.1, 0.15) is 6.61 Å². The molecule has 2 N–H and O–H groups in total. The third kappa shape index (κ3) is 6.41. The molecule has 3 aromatic rings. The normalized spacial score (nSPS) is 11.8. The van der Waals surface area contributed by atoms with Crippen LogP contribution in [0.15, 0.2) is 82.4 Å². The maximum Gasteiger partial charge on any atom is 0.273 e. The second-order valence-corrected chi connectivity index (χ2v) is 7.44. The summed E-state index contributed by atoms with van der Waals surface area (Å²) in [5, 5.41) is 14.1. The topological polar surface area (TPSA) is 80.2 Å². The number of nitrogens with zero attached hydrogens (tertiary/aromatic N) is 1. The van der Waals surface area contributed by atoms with Gasteiger partial charge in [-0.1, -0.05) is 60.7 Å². The van der Waals surface area contributed by atoms with Crippen LogP contribution in [-0.4, -0.2) is 23.8 Å². The summed E-state index contributed by atoms with van der Waals surface area (Å²) in [4.78, 5) is 12.1. The number of benzene rings is 3. The number of halogens is 1. The van der Waals surface area contributed by atoms with E-state index in [1.165, 1.54) is 6.21 Å². The SMILES string of the molecule is CCOc1cc(/C=N\NC(=O)[C@H](O)c2ccccc2)cc(Br)c1OCc1ccccc1. The fraction of sp³-hybridized carbons (Fsp3) is 0.167. The molecular formula is C24H23BrN2O4. The van der Waals surface area contributed by atoms with Crippen LogP contribution in [0.1, 0.15) is 29.7 Å². The minimum absolute atomic E-state index is 0.403. The first-order valence-electron chi connectivity index (χ1n) is 9.77. The van der Waals surface area contributed by atoms with Gasteiger partial charge in [-0.25, -0.2) is 5.43 Å². The largest absolute Gasteiger partial charge is 0.490 e. The van der Waals surface area contributed by atoms with Crippen molar-refractivity contribution in [2.45, 2.75) is 19.6 Å². The number of aliphatic hydroxyl groups excluding tert-OH is 1. The standard InChI is InChI=1S/C24H23BrN2O4/c1-2-30-21-14-18(13-20(25)23(21)31-16-17-9-5-3-6-10-17)15-26-27-24(29)22(28)19-11-7-4-8-12-19/h3-15,22,28H,2,16H2,1H3,(H,27,29)/b26-15-/t22-/m1/s1. The second-order valence-electron chi connectivity index (χ2n) is 6.58. The number of aliphatic hydroxyl groups is 1. The van der Waals surface area contributed by atoms with Gasteiger partial charge >= 0.3 is 0 Å². The minimum Gasteiger partial charge on any atom is -0.490 e. The molecule has 0 bridgehead atoms.